The number of carboxylic acids is 1. The van der Waals surface area contributed by atoms with Crippen LogP contribution in [0.1, 0.15) is 93.1 Å². The fourth-order valence-corrected chi connectivity index (χ4v) is 5.02. The SMILES string of the molecule is CCCOCCOCCOCCOc1ccc([C@@H](CCCCCCc2ccc3c(n2)CCCC3)CC(=O)O)cn1.S. The Labute approximate surface area is 253 Å². The second kappa shape index (κ2) is 21.5. The Morgan fingerprint density at radius 3 is 2.29 bits per heavy atom. The third kappa shape index (κ3) is 14.5. The van der Waals surface area contributed by atoms with Gasteiger partial charge in [0.15, 0.2) is 0 Å². The molecular formula is C32H50N2O6S. The molecule has 0 aromatic carbocycles. The highest BCUT2D eigenvalue weighted by Gasteiger charge is 2.16. The molecule has 1 atom stereocenters. The van der Waals surface area contributed by atoms with E-state index in [2.05, 4.69) is 24.0 Å². The Morgan fingerprint density at radius 2 is 1.59 bits per heavy atom. The number of fused-ring (bicyclic) bond motifs is 1. The first-order valence-electron chi connectivity index (χ1n) is 15.2. The van der Waals surface area contributed by atoms with Crippen LogP contribution in [0.2, 0.25) is 0 Å². The van der Waals surface area contributed by atoms with Crippen LogP contribution in [0.15, 0.2) is 30.5 Å². The second-order valence-corrected chi connectivity index (χ2v) is 10.5. The van der Waals surface area contributed by atoms with Gasteiger partial charge in [0.05, 0.1) is 39.5 Å². The molecule has 2 aromatic rings. The Morgan fingerprint density at radius 1 is 0.878 bits per heavy atom. The number of aryl methyl sites for hydroxylation is 3. The summed E-state index contributed by atoms with van der Waals surface area (Å²) in [6, 6.07) is 8.22. The van der Waals surface area contributed by atoms with E-state index >= 15 is 0 Å². The molecule has 0 aliphatic heterocycles. The molecule has 0 amide bonds. The largest absolute Gasteiger partial charge is 0.481 e. The van der Waals surface area contributed by atoms with Gasteiger partial charge in [-0.2, -0.15) is 13.5 Å². The first-order chi connectivity index (χ1) is 19.7. The van der Waals surface area contributed by atoms with E-state index in [1.807, 2.05) is 12.1 Å². The van der Waals surface area contributed by atoms with Crippen LogP contribution in [0.5, 0.6) is 5.88 Å². The fourth-order valence-electron chi connectivity index (χ4n) is 5.02. The molecule has 2 aromatic heterocycles. The van der Waals surface area contributed by atoms with Gasteiger partial charge in [-0.25, -0.2) is 4.98 Å². The Hall–Kier alpha value is -2.20. The molecule has 0 bridgehead atoms. The van der Waals surface area contributed by atoms with Crippen molar-refractivity contribution in [3.8, 4) is 5.88 Å². The van der Waals surface area contributed by atoms with E-state index in [0.717, 1.165) is 63.5 Å². The van der Waals surface area contributed by atoms with Crippen molar-refractivity contribution in [2.45, 2.75) is 89.9 Å². The number of rotatable bonds is 22. The summed E-state index contributed by atoms with van der Waals surface area (Å²) in [6.07, 6.45) is 13.9. The molecule has 0 unspecified atom stereocenters. The number of nitrogens with zero attached hydrogens (tertiary/aromatic N) is 2. The third-order valence-electron chi connectivity index (χ3n) is 7.19. The first-order valence-corrected chi connectivity index (χ1v) is 15.2. The van der Waals surface area contributed by atoms with Gasteiger partial charge in [0.25, 0.3) is 0 Å². The predicted molar refractivity (Wildman–Crippen MR) is 166 cm³/mol. The second-order valence-electron chi connectivity index (χ2n) is 10.5. The minimum atomic E-state index is -0.779. The van der Waals surface area contributed by atoms with Crippen molar-refractivity contribution < 1.29 is 28.8 Å². The molecule has 1 N–H and O–H groups in total. The summed E-state index contributed by atoms with van der Waals surface area (Å²) in [7, 11) is 0. The van der Waals surface area contributed by atoms with Crippen molar-refractivity contribution in [2.24, 2.45) is 0 Å². The van der Waals surface area contributed by atoms with E-state index in [-0.39, 0.29) is 25.8 Å². The van der Waals surface area contributed by atoms with Crippen LogP contribution < -0.4 is 4.74 Å². The number of carbonyl (C=O) groups is 1. The van der Waals surface area contributed by atoms with Crippen molar-refractivity contribution >= 4 is 19.5 Å². The molecule has 8 nitrogen and oxygen atoms in total. The number of hydrogen-bond donors (Lipinski definition) is 1. The summed E-state index contributed by atoms with van der Waals surface area (Å²) in [6.45, 7) is 5.91. The van der Waals surface area contributed by atoms with E-state index < -0.39 is 5.97 Å². The Kier molecular flexibility index (Phi) is 18.3. The van der Waals surface area contributed by atoms with Crippen LogP contribution in [0.4, 0.5) is 0 Å². The van der Waals surface area contributed by atoms with Crippen molar-refractivity contribution in [1.82, 2.24) is 9.97 Å². The molecule has 0 saturated carbocycles. The average molecular weight is 591 g/mol. The van der Waals surface area contributed by atoms with E-state index in [0.29, 0.717) is 45.5 Å². The Bertz CT molecular complexity index is 975. The average Bonchev–Trinajstić information content (AvgIpc) is 2.97. The van der Waals surface area contributed by atoms with Gasteiger partial charge < -0.3 is 24.1 Å². The lowest BCUT2D eigenvalue weighted by Crippen LogP contribution is -2.13. The number of aliphatic carboxylic acids is 1. The van der Waals surface area contributed by atoms with E-state index in [4.69, 9.17) is 23.9 Å². The molecule has 2 heterocycles. The summed E-state index contributed by atoms with van der Waals surface area (Å²) in [5.74, 6) is -0.308. The quantitative estimate of drug-likeness (QED) is 0.165. The van der Waals surface area contributed by atoms with Crippen molar-refractivity contribution in [2.75, 3.05) is 46.2 Å². The smallest absolute Gasteiger partial charge is 0.303 e. The third-order valence-corrected chi connectivity index (χ3v) is 7.19. The molecule has 9 heteroatoms. The summed E-state index contributed by atoms with van der Waals surface area (Å²) in [5, 5.41) is 9.44. The molecule has 1 aliphatic rings. The summed E-state index contributed by atoms with van der Waals surface area (Å²) in [5.41, 5.74) is 4.90. The predicted octanol–water partition coefficient (Wildman–Crippen LogP) is 6.06. The van der Waals surface area contributed by atoms with Gasteiger partial charge in [-0.15, -0.1) is 0 Å². The van der Waals surface area contributed by atoms with Gasteiger partial charge in [-0.3, -0.25) is 9.78 Å². The number of carboxylic acid groups (broad SMARTS) is 1. The number of unbranched alkanes of at least 4 members (excludes halogenated alkanes) is 3. The molecular weight excluding hydrogens is 540 g/mol. The van der Waals surface area contributed by atoms with Gasteiger partial charge in [0.1, 0.15) is 6.61 Å². The molecule has 230 valence electrons. The highest BCUT2D eigenvalue weighted by molar-refractivity contribution is 7.59. The maximum atomic E-state index is 11.5. The highest BCUT2D eigenvalue weighted by atomic mass is 32.1. The fraction of sp³-hybridized carbons (Fsp3) is 0.656. The summed E-state index contributed by atoms with van der Waals surface area (Å²) in [4.78, 5) is 20.8. The minimum absolute atomic E-state index is 0. The van der Waals surface area contributed by atoms with Crippen LogP contribution in [-0.2, 0) is 38.3 Å². The normalized spacial score (nSPS) is 13.3. The summed E-state index contributed by atoms with van der Waals surface area (Å²) >= 11 is 0. The van der Waals surface area contributed by atoms with Crippen molar-refractivity contribution in [1.29, 1.82) is 0 Å². The van der Waals surface area contributed by atoms with E-state index in [1.54, 1.807) is 6.20 Å². The zero-order valence-corrected chi connectivity index (χ0v) is 25.8. The number of aromatic nitrogens is 2. The molecule has 1 aliphatic carbocycles. The monoisotopic (exact) mass is 590 g/mol. The molecule has 41 heavy (non-hydrogen) atoms. The lowest BCUT2D eigenvalue weighted by molar-refractivity contribution is -0.137. The number of ether oxygens (including phenoxy) is 4. The molecule has 0 saturated heterocycles. The minimum Gasteiger partial charge on any atom is -0.481 e. The van der Waals surface area contributed by atoms with Gasteiger partial charge in [-0.1, -0.05) is 38.3 Å². The van der Waals surface area contributed by atoms with Crippen LogP contribution >= 0.6 is 13.5 Å². The van der Waals surface area contributed by atoms with Crippen molar-refractivity contribution in [3.05, 3.63) is 53.0 Å². The first kappa shape index (κ1) is 35.0. The van der Waals surface area contributed by atoms with Crippen LogP contribution in [0, 0.1) is 0 Å². The van der Waals surface area contributed by atoms with Crippen LogP contribution in [0.25, 0.3) is 0 Å². The topological polar surface area (TPSA) is 100 Å². The van der Waals surface area contributed by atoms with Crippen molar-refractivity contribution in [3.63, 3.8) is 0 Å². The van der Waals surface area contributed by atoms with E-state index in [1.165, 1.54) is 36.2 Å². The lowest BCUT2D eigenvalue weighted by atomic mass is 9.91. The maximum absolute atomic E-state index is 11.5. The maximum Gasteiger partial charge on any atom is 0.303 e. The molecule has 3 rings (SSSR count). The molecule has 0 spiro atoms. The van der Waals surface area contributed by atoms with Gasteiger partial charge in [0.2, 0.25) is 5.88 Å². The summed E-state index contributed by atoms with van der Waals surface area (Å²) < 4.78 is 22.0. The number of hydrogen-bond acceptors (Lipinski definition) is 7. The molecule has 0 fully saturated rings. The standard InChI is InChI=1S/C32H48N2O6.H2S/c1-2-17-37-18-19-38-20-21-39-22-23-40-31-16-14-28(25-33-31)27(24-32(35)36)10-5-3-4-6-11-29-15-13-26-9-7-8-12-30(26)34-29;/h13-16,25,27H,2-12,17-24H2,1H3,(H,35,36);1H2/t27-;/m0./s1. The zero-order valence-electron chi connectivity index (χ0n) is 24.8. The van der Waals surface area contributed by atoms with Crippen LogP contribution in [-0.4, -0.2) is 67.3 Å². The zero-order chi connectivity index (χ0) is 28.3. The van der Waals surface area contributed by atoms with Gasteiger partial charge in [0, 0.05) is 30.3 Å². The van der Waals surface area contributed by atoms with Crippen LogP contribution in [0.3, 0.4) is 0 Å². The molecule has 0 radical (unpaired) electrons. The lowest BCUT2D eigenvalue weighted by Gasteiger charge is -2.16. The highest BCUT2D eigenvalue weighted by Crippen LogP contribution is 2.27. The number of pyridine rings is 2. The van der Waals surface area contributed by atoms with Gasteiger partial charge in [-0.05, 0) is 74.5 Å². The van der Waals surface area contributed by atoms with Gasteiger partial charge >= 0.3 is 5.97 Å². The van der Waals surface area contributed by atoms with E-state index in [9.17, 15) is 9.90 Å². The Balaban J connectivity index is 0.00000588.